The summed E-state index contributed by atoms with van der Waals surface area (Å²) in [5, 5.41) is 12.1. The molecule has 5 nitrogen and oxygen atoms in total. The lowest BCUT2D eigenvalue weighted by molar-refractivity contribution is -0.385. The number of aryl methyl sites for hydroxylation is 1. The smallest absolute Gasteiger partial charge is 0.271 e. The minimum Gasteiger partial charge on any atom is -0.455 e. The maximum absolute atomic E-state index is 11.0. The van der Waals surface area contributed by atoms with E-state index in [9.17, 15) is 10.1 Å². The van der Waals surface area contributed by atoms with E-state index in [2.05, 4.69) is 50.0 Å². The van der Waals surface area contributed by atoms with Crippen LogP contribution in [0.5, 0.6) is 11.5 Å². The first kappa shape index (κ1) is 19.9. The molecule has 1 N–H and O–H groups in total. The third kappa shape index (κ3) is 4.71. The van der Waals surface area contributed by atoms with Gasteiger partial charge in [-0.05, 0) is 68.5 Å². The summed E-state index contributed by atoms with van der Waals surface area (Å²) in [4.78, 5) is 13.9. The van der Waals surface area contributed by atoms with Gasteiger partial charge in [-0.1, -0.05) is 26.2 Å². The fourth-order valence-corrected chi connectivity index (χ4v) is 4.36. The number of aromatic nitrogens is 1. The lowest BCUT2D eigenvalue weighted by atomic mass is 10.1. The van der Waals surface area contributed by atoms with Crippen LogP contribution in [0.1, 0.15) is 38.2 Å². The van der Waals surface area contributed by atoms with Crippen LogP contribution in [0.15, 0.2) is 45.5 Å². The summed E-state index contributed by atoms with van der Waals surface area (Å²) in [6.07, 6.45) is 8.00. The van der Waals surface area contributed by atoms with E-state index in [0.29, 0.717) is 20.4 Å². The number of benzene rings is 2. The molecule has 142 valence electrons. The van der Waals surface area contributed by atoms with Crippen LogP contribution in [0.2, 0.25) is 0 Å². The van der Waals surface area contributed by atoms with Crippen LogP contribution in [-0.2, 0) is 6.42 Å². The van der Waals surface area contributed by atoms with Crippen LogP contribution >= 0.6 is 31.9 Å². The maximum Gasteiger partial charge on any atom is 0.271 e. The van der Waals surface area contributed by atoms with Gasteiger partial charge in [0.25, 0.3) is 5.69 Å². The molecule has 7 heteroatoms. The average Bonchev–Trinajstić information content (AvgIpc) is 3.04. The molecule has 27 heavy (non-hydrogen) atoms. The normalized spacial score (nSPS) is 11.1. The van der Waals surface area contributed by atoms with E-state index in [1.165, 1.54) is 43.4 Å². The molecule has 0 amide bonds. The van der Waals surface area contributed by atoms with Crippen molar-refractivity contribution in [1.29, 1.82) is 0 Å². The summed E-state index contributed by atoms with van der Waals surface area (Å²) in [5.41, 5.74) is 2.36. The van der Waals surface area contributed by atoms with E-state index >= 15 is 0 Å². The predicted molar refractivity (Wildman–Crippen MR) is 115 cm³/mol. The molecule has 0 fully saturated rings. The summed E-state index contributed by atoms with van der Waals surface area (Å²) >= 11 is 6.73. The van der Waals surface area contributed by atoms with Crippen LogP contribution in [0, 0.1) is 10.1 Å². The van der Waals surface area contributed by atoms with Crippen molar-refractivity contribution in [3.05, 3.63) is 61.2 Å². The van der Waals surface area contributed by atoms with Crippen molar-refractivity contribution in [2.45, 2.75) is 39.0 Å². The summed E-state index contributed by atoms with van der Waals surface area (Å²) < 4.78 is 7.07. The quantitative estimate of drug-likeness (QED) is 0.199. The fraction of sp³-hybridized carbons (Fsp3) is 0.300. The molecular formula is C20H20Br2N2O3. The topological polar surface area (TPSA) is 68.2 Å². The number of rotatable bonds is 8. The second-order valence-corrected chi connectivity index (χ2v) is 8.14. The van der Waals surface area contributed by atoms with Gasteiger partial charge in [0, 0.05) is 29.2 Å². The number of nitrogens with zero attached hydrogens (tertiary/aromatic N) is 1. The molecule has 2 aromatic carbocycles. The molecule has 0 radical (unpaired) electrons. The number of aromatic amines is 1. The van der Waals surface area contributed by atoms with Crippen molar-refractivity contribution in [2.75, 3.05) is 0 Å². The SMILES string of the molecule is CCCCCCc1c[nH]c2ccc(Oc3c(Br)cc([N+](=O)[O-])cc3Br)cc12. The van der Waals surface area contributed by atoms with Crippen LogP contribution in [0.4, 0.5) is 5.69 Å². The molecule has 1 heterocycles. The Morgan fingerprint density at radius 1 is 1.11 bits per heavy atom. The summed E-state index contributed by atoms with van der Waals surface area (Å²) in [7, 11) is 0. The number of halogens is 2. The van der Waals surface area contributed by atoms with Crippen molar-refractivity contribution in [2.24, 2.45) is 0 Å². The number of nitro benzene ring substituents is 1. The molecule has 0 aliphatic heterocycles. The predicted octanol–water partition coefficient (Wildman–Crippen LogP) is 7.52. The second-order valence-electron chi connectivity index (χ2n) is 6.43. The molecule has 1 aromatic heterocycles. The number of hydrogen-bond donors (Lipinski definition) is 1. The van der Waals surface area contributed by atoms with Crippen molar-refractivity contribution >= 4 is 48.5 Å². The number of ether oxygens (including phenoxy) is 1. The molecule has 0 bridgehead atoms. The number of non-ortho nitro benzene ring substituents is 1. The minimum atomic E-state index is -0.435. The Labute approximate surface area is 174 Å². The number of nitrogens with one attached hydrogen (secondary N) is 1. The second kappa shape index (κ2) is 8.89. The average molecular weight is 496 g/mol. The number of fused-ring (bicyclic) bond motifs is 1. The number of hydrogen-bond acceptors (Lipinski definition) is 3. The third-order valence-electron chi connectivity index (χ3n) is 4.45. The first-order chi connectivity index (χ1) is 13.0. The van der Waals surface area contributed by atoms with Gasteiger partial charge in [0.2, 0.25) is 0 Å². The minimum absolute atomic E-state index is 0.00319. The Morgan fingerprint density at radius 3 is 2.52 bits per heavy atom. The van der Waals surface area contributed by atoms with Gasteiger partial charge in [-0.25, -0.2) is 0 Å². The lowest BCUT2D eigenvalue weighted by Crippen LogP contribution is -1.92. The summed E-state index contributed by atoms with van der Waals surface area (Å²) in [6, 6.07) is 8.77. The molecule has 3 aromatic rings. The highest BCUT2D eigenvalue weighted by Gasteiger charge is 2.16. The molecule has 0 aliphatic rings. The number of H-pyrrole nitrogens is 1. The van der Waals surface area contributed by atoms with E-state index in [1.54, 1.807) is 0 Å². The maximum atomic E-state index is 11.0. The van der Waals surface area contributed by atoms with Gasteiger partial charge in [-0.2, -0.15) is 0 Å². The zero-order chi connectivity index (χ0) is 19.4. The van der Waals surface area contributed by atoms with Crippen LogP contribution < -0.4 is 4.74 Å². The number of unbranched alkanes of at least 4 members (excludes halogenated alkanes) is 3. The van der Waals surface area contributed by atoms with Gasteiger partial charge in [0.15, 0.2) is 5.75 Å². The Kier molecular flexibility index (Phi) is 6.55. The van der Waals surface area contributed by atoms with Gasteiger partial charge in [0.05, 0.1) is 13.9 Å². The number of nitro groups is 1. The van der Waals surface area contributed by atoms with Crippen molar-refractivity contribution in [1.82, 2.24) is 4.98 Å². The Hall–Kier alpha value is -1.86. The van der Waals surface area contributed by atoms with Gasteiger partial charge >= 0.3 is 0 Å². The zero-order valence-corrected chi connectivity index (χ0v) is 18.1. The van der Waals surface area contributed by atoms with Crippen LogP contribution in [-0.4, -0.2) is 9.91 Å². The first-order valence-corrected chi connectivity index (χ1v) is 10.5. The summed E-state index contributed by atoms with van der Waals surface area (Å²) in [5.74, 6) is 1.20. The highest BCUT2D eigenvalue weighted by atomic mass is 79.9. The van der Waals surface area contributed by atoms with Crippen LogP contribution in [0.3, 0.4) is 0 Å². The molecule has 0 spiro atoms. The van der Waals surface area contributed by atoms with Gasteiger partial charge in [-0.3, -0.25) is 10.1 Å². The highest BCUT2D eigenvalue weighted by Crippen LogP contribution is 2.40. The van der Waals surface area contributed by atoms with Gasteiger partial charge in [0.1, 0.15) is 5.75 Å². The molecule has 3 rings (SSSR count). The van der Waals surface area contributed by atoms with E-state index in [1.807, 2.05) is 18.2 Å². The van der Waals surface area contributed by atoms with E-state index < -0.39 is 4.92 Å². The Morgan fingerprint density at radius 2 is 1.85 bits per heavy atom. The largest absolute Gasteiger partial charge is 0.455 e. The third-order valence-corrected chi connectivity index (χ3v) is 5.63. The summed E-state index contributed by atoms with van der Waals surface area (Å²) in [6.45, 7) is 2.21. The van der Waals surface area contributed by atoms with E-state index in [4.69, 9.17) is 4.74 Å². The van der Waals surface area contributed by atoms with Gasteiger partial charge in [-0.15, -0.1) is 0 Å². The lowest BCUT2D eigenvalue weighted by Gasteiger charge is -2.10. The fourth-order valence-electron chi connectivity index (χ4n) is 3.04. The van der Waals surface area contributed by atoms with E-state index in [-0.39, 0.29) is 5.69 Å². The molecule has 0 saturated carbocycles. The Bertz CT molecular complexity index is 946. The standard InChI is InChI=1S/C20H20Br2N2O3/c1-2-3-4-5-6-13-12-23-19-8-7-15(11-16(13)19)27-20-17(21)9-14(24(25)26)10-18(20)22/h7-12,23H,2-6H2,1H3. The molecular weight excluding hydrogens is 476 g/mol. The molecule has 0 aliphatic carbocycles. The van der Waals surface area contributed by atoms with Crippen molar-refractivity contribution in [3.8, 4) is 11.5 Å². The van der Waals surface area contributed by atoms with Gasteiger partial charge < -0.3 is 9.72 Å². The van der Waals surface area contributed by atoms with Crippen molar-refractivity contribution in [3.63, 3.8) is 0 Å². The monoisotopic (exact) mass is 494 g/mol. The molecule has 0 saturated heterocycles. The first-order valence-electron chi connectivity index (χ1n) is 8.91. The highest BCUT2D eigenvalue weighted by molar-refractivity contribution is 9.11. The van der Waals surface area contributed by atoms with E-state index in [0.717, 1.165) is 17.3 Å². The van der Waals surface area contributed by atoms with Crippen LogP contribution in [0.25, 0.3) is 10.9 Å². The molecule has 0 atom stereocenters. The molecule has 0 unspecified atom stereocenters. The zero-order valence-electron chi connectivity index (χ0n) is 14.9. The Balaban J connectivity index is 1.84. The van der Waals surface area contributed by atoms with Crippen molar-refractivity contribution < 1.29 is 9.66 Å².